The number of esters is 3. The number of nitrogens with one attached hydrogen (secondary N) is 1. The first-order valence-corrected chi connectivity index (χ1v) is 11.4. The third-order valence-electron chi connectivity index (χ3n) is 5.01. The molecule has 0 spiro atoms. The summed E-state index contributed by atoms with van der Waals surface area (Å²) in [6, 6.07) is 1.99. The van der Waals surface area contributed by atoms with E-state index in [2.05, 4.69) is 5.32 Å². The average Bonchev–Trinajstić information content (AvgIpc) is 3.13. The van der Waals surface area contributed by atoms with Gasteiger partial charge in [0.1, 0.15) is 30.1 Å². The first kappa shape index (κ1) is 26.2. The second kappa shape index (κ2) is 10.9. The van der Waals surface area contributed by atoms with E-state index in [1.165, 1.54) is 13.8 Å². The van der Waals surface area contributed by atoms with E-state index < -0.39 is 59.4 Å². The van der Waals surface area contributed by atoms with Crippen LogP contribution in [0.4, 0.5) is 0 Å². The van der Waals surface area contributed by atoms with Crippen molar-refractivity contribution in [1.82, 2.24) is 5.32 Å². The summed E-state index contributed by atoms with van der Waals surface area (Å²) in [6.07, 6.45) is -4.84. The van der Waals surface area contributed by atoms with Gasteiger partial charge in [0.15, 0.2) is 12.2 Å². The molecule has 12 nitrogen and oxygen atoms in total. The fraction of sp³-hybridized carbons (Fsp3) is 0.500. The van der Waals surface area contributed by atoms with Crippen molar-refractivity contribution in [2.24, 2.45) is 0 Å². The molecule has 0 radical (unpaired) electrons. The highest BCUT2D eigenvalue weighted by Crippen LogP contribution is 2.33. The van der Waals surface area contributed by atoms with Crippen molar-refractivity contribution in [2.75, 3.05) is 6.61 Å². The molecule has 0 aliphatic carbocycles. The number of hydrogen-bond donors (Lipinski definition) is 1. The maximum atomic E-state index is 12.0. The first-order chi connectivity index (χ1) is 16.5. The van der Waals surface area contributed by atoms with Crippen LogP contribution in [0.5, 0.6) is 5.75 Å². The van der Waals surface area contributed by atoms with Gasteiger partial charge in [-0.05, 0) is 19.1 Å². The molecular formula is C22H25NO11S. The molecule has 0 bridgehead atoms. The van der Waals surface area contributed by atoms with Crippen LogP contribution in [0, 0.1) is 6.92 Å². The molecule has 1 amide bonds. The molecule has 5 atom stereocenters. The third-order valence-corrected chi connectivity index (χ3v) is 5.97. The lowest BCUT2D eigenvalue weighted by atomic mass is 9.96. The summed E-state index contributed by atoms with van der Waals surface area (Å²) in [5, 5.41) is 2.63. The zero-order valence-electron chi connectivity index (χ0n) is 19.6. The van der Waals surface area contributed by atoms with Gasteiger partial charge in [-0.25, -0.2) is 4.79 Å². The van der Waals surface area contributed by atoms with Crippen molar-refractivity contribution < 1.29 is 47.3 Å². The van der Waals surface area contributed by atoms with Crippen LogP contribution in [0.1, 0.15) is 33.3 Å². The van der Waals surface area contributed by atoms with Gasteiger partial charge in [0.25, 0.3) is 0 Å². The van der Waals surface area contributed by atoms with Crippen molar-refractivity contribution in [2.45, 2.75) is 65.3 Å². The van der Waals surface area contributed by atoms with E-state index in [1.807, 2.05) is 0 Å². The normalized spacial score (nSPS) is 23.9. The summed E-state index contributed by atoms with van der Waals surface area (Å²) >= 11 is 0.897. The highest BCUT2D eigenvalue weighted by atomic mass is 32.1. The third kappa shape index (κ3) is 6.36. The molecule has 2 heterocycles. The minimum absolute atomic E-state index is 0.300. The number of carbonyl (C=O) groups excluding carboxylic acids is 4. The number of amides is 1. The lowest BCUT2D eigenvalue weighted by molar-refractivity contribution is -0.257. The maximum Gasteiger partial charge on any atom is 0.396 e. The molecule has 1 fully saturated rings. The second-order valence-electron chi connectivity index (χ2n) is 7.81. The molecule has 0 saturated carbocycles. The van der Waals surface area contributed by atoms with E-state index in [0.717, 1.165) is 25.2 Å². The van der Waals surface area contributed by atoms with Crippen molar-refractivity contribution >= 4 is 45.4 Å². The zero-order valence-corrected chi connectivity index (χ0v) is 20.5. The summed E-state index contributed by atoms with van der Waals surface area (Å²) in [5.41, 5.74) is 0.958. The monoisotopic (exact) mass is 511 g/mol. The van der Waals surface area contributed by atoms with Crippen LogP contribution in [0.2, 0.25) is 0 Å². The molecule has 1 N–H and O–H groups in total. The summed E-state index contributed by atoms with van der Waals surface area (Å²) in [5.74, 6) is -2.23. The fourth-order valence-electron chi connectivity index (χ4n) is 3.69. The molecule has 3 rings (SSSR count). The molecule has 35 heavy (non-hydrogen) atoms. The van der Waals surface area contributed by atoms with Gasteiger partial charge in [-0.3, -0.25) is 19.2 Å². The number of aryl methyl sites for hydroxylation is 1. The van der Waals surface area contributed by atoms with Gasteiger partial charge in [-0.1, -0.05) is 11.3 Å². The molecule has 190 valence electrons. The van der Waals surface area contributed by atoms with E-state index in [0.29, 0.717) is 21.6 Å². The molecule has 1 aromatic heterocycles. The molecular weight excluding hydrogens is 486 g/mol. The summed E-state index contributed by atoms with van der Waals surface area (Å²) in [6.45, 7) is 6.10. The Morgan fingerprint density at radius 1 is 1.00 bits per heavy atom. The van der Waals surface area contributed by atoms with Crippen molar-refractivity contribution in [3.8, 4) is 5.75 Å². The number of benzene rings is 1. The standard InChI is InChI=1S/C22H25NO11S/c1-9-14(6-7-15-20(9)35-22(28)34-15)32-21-17(23-10(2)24)19(31-13(5)27)18(30-12(4)26)16(33-21)8-29-11(3)25/h6-7,16-19,21H,8H2,1-5H3,(H,23,24)/t16-,17+,18+,19+,21+/m0/s1. The van der Waals surface area contributed by atoms with Gasteiger partial charge in [-0.15, -0.1) is 0 Å². The van der Waals surface area contributed by atoms with Gasteiger partial charge in [-0.2, -0.15) is 0 Å². The lowest BCUT2D eigenvalue weighted by Gasteiger charge is -2.44. The minimum atomic E-state index is -1.27. The SMILES string of the molecule is CC(=O)N[C@H]1[C@H](Oc2ccc3oc(=O)sc3c2C)O[C@@H](COC(C)=O)[C@@H](OC(C)=O)[C@@H]1OC(C)=O. The Morgan fingerprint density at radius 3 is 2.26 bits per heavy atom. The van der Waals surface area contributed by atoms with E-state index in [-0.39, 0.29) is 6.61 Å². The predicted molar refractivity (Wildman–Crippen MR) is 120 cm³/mol. The highest BCUT2D eigenvalue weighted by Gasteiger charge is 2.52. The molecule has 1 aromatic carbocycles. The number of rotatable bonds is 7. The Kier molecular flexibility index (Phi) is 8.12. The van der Waals surface area contributed by atoms with Crippen molar-refractivity contribution in [3.05, 3.63) is 27.4 Å². The number of ether oxygens (including phenoxy) is 5. The Morgan fingerprint density at radius 2 is 1.66 bits per heavy atom. The van der Waals surface area contributed by atoms with Crippen LogP contribution >= 0.6 is 11.3 Å². The topological polar surface area (TPSA) is 157 Å². The van der Waals surface area contributed by atoms with Gasteiger partial charge in [0.05, 0.1) is 4.70 Å². The van der Waals surface area contributed by atoms with Crippen molar-refractivity contribution in [3.63, 3.8) is 0 Å². The number of hydrogen-bond acceptors (Lipinski definition) is 12. The molecule has 13 heteroatoms. The first-order valence-electron chi connectivity index (χ1n) is 10.6. The van der Waals surface area contributed by atoms with Crippen LogP contribution in [0.25, 0.3) is 10.3 Å². The number of fused-ring (bicyclic) bond motifs is 1. The molecule has 1 aliphatic rings. The second-order valence-corrected chi connectivity index (χ2v) is 8.75. The molecule has 2 aromatic rings. The minimum Gasteiger partial charge on any atom is -0.463 e. The highest BCUT2D eigenvalue weighted by molar-refractivity contribution is 7.16. The van der Waals surface area contributed by atoms with Crippen LogP contribution in [0.3, 0.4) is 0 Å². The Bertz CT molecular complexity index is 1190. The summed E-state index contributed by atoms with van der Waals surface area (Å²) < 4.78 is 33.6. The maximum absolute atomic E-state index is 12.0. The summed E-state index contributed by atoms with van der Waals surface area (Å²) in [7, 11) is 0. The zero-order chi connectivity index (χ0) is 25.9. The Labute approximate surface area is 203 Å². The summed E-state index contributed by atoms with van der Waals surface area (Å²) in [4.78, 5) is 58.4. The van der Waals surface area contributed by atoms with Gasteiger partial charge >= 0.3 is 22.8 Å². The van der Waals surface area contributed by atoms with E-state index in [1.54, 1.807) is 19.1 Å². The van der Waals surface area contributed by atoms with Gasteiger partial charge in [0.2, 0.25) is 12.2 Å². The number of carbonyl (C=O) groups is 4. The Hall–Kier alpha value is -3.45. The molecule has 0 unspecified atom stereocenters. The molecule has 1 saturated heterocycles. The largest absolute Gasteiger partial charge is 0.463 e. The van der Waals surface area contributed by atoms with E-state index >= 15 is 0 Å². The molecule has 1 aliphatic heterocycles. The van der Waals surface area contributed by atoms with Crippen LogP contribution < -0.4 is 15.0 Å². The fourth-order valence-corrected chi connectivity index (χ4v) is 4.46. The predicted octanol–water partition coefficient (Wildman–Crippen LogP) is 1.20. The van der Waals surface area contributed by atoms with Gasteiger partial charge in [0, 0.05) is 33.3 Å². The van der Waals surface area contributed by atoms with E-state index in [9.17, 15) is 24.0 Å². The Balaban J connectivity index is 2.03. The van der Waals surface area contributed by atoms with Crippen LogP contribution in [-0.2, 0) is 38.1 Å². The lowest BCUT2D eigenvalue weighted by Crippen LogP contribution is -2.67. The van der Waals surface area contributed by atoms with E-state index in [4.69, 9.17) is 28.1 Å². The van der Waals surface area contributed by atoms with Crippen molar-refractivity contribution in [1.29, 1.82) is 0 Å². The van der Waals surface area contributed by atoms with Gasteiger partial charge < -0.3 is 33.4 Å². The average molecular weight is 512 g/mol. The van der Waals surface area contributed by atoms with Crippen LogP contribution in [-0.4, -0.2) is 61.1 Å². The quantitative estimate of drug-likeness (QED) is 0.421. The van der Waals surface area contributed by atoms with Crippen LogP contribution in [0.15, 0.2) is 21.3 Å². The smallest absolute Gasteiger partial charge is 0.396 e.